The van der Waals surface area contributed by atoms with Gasteiger partial charge in [-0.15, -0.1) is 0 Å². The van der Waals surface area contributed by atoms with Crippen LogP contribution in [-0.4, -0.2) is 4.57 Å². The summed E-state index contributed by atoms with van der Waals surface area (Å²) in [4.78, 5) is 2.39. The van der Waals surface area contributed by atoms with E-state index in [-0.39, 0.29) is 0 Å². The lowest BCUT2D eigenvalue weighted by molar-refractivity contribution is 1.18. The third-order valence-electron chi connectivity index (χ3n) is 13.2. The van der Waals surface area contributed by atoms with Gasteiger partial charge in [0.15, 0.2) is 0 Å². The summed E-state index contributed by atoms with van der Waals surface area (Å²) in [5.41, 5.74) is 21.8. The van der Waals surface area contributed by atoms with E-state index in [2.05, 4.69) is 256 Å². The van der Waals surface area contributed by atoms with Gasteiger partial charge in [-0.3, -0.25) is 0 Å². The van der Waals surface area contributed by atoms with Gasteiger partial charge in [0.2, 0.25) is 0 Å². The zero-order valence-corrected chi connectivity index (χ0v) is 36.7. The van der Waals surface area contributed by atoms with Gasteiger partial charge in [-0.1, -0.05) is 158 Å². The summed E-state index contributed by atoms with van der Waals surface area (Å²) in [6, 6.07) is 80.1. The predicted octanol–water partition coefficient (Wildman–Crippen LogP) is 17.3. The van der Waals surface area contributed by atoms with Crippen LogP contribution in [0.5, 0.6) is 0 Å². The maximum Gasteiger partial charge on any atom is 0.0622 e. The minimum Gasteiger partial charge on any atom is -0.310 e. The SMILES string of the molecule is Cc1ccccc1-c1cc(N(c2ccc(-c3ccccc3)cc2)c2ccc(-c3cc4c5ccccc5n(-c5ccc6ccccc6c5)c4c(-c4ccccc4C)c3C)cc2)ccc1C. The number of hydrogen-bond donors (Lipinski definition) is 0. The fraction of sp³-hybridized carbons (Fsp3) is 0.0645. The fourth-order valence-electron chi connectivity index (χ4n) is 9.87. The molecule has 0 aliphatic carbocycles. The summed E-state index contributed by atoms with van der Waals surface area (Å²) in [5, 5.41) is 4.96. The van der Waals surface area contributed by atoms with Gasteiger partial charge in [0, 0.05) is 39.1 Å². The Morgan fingerprint density at radius 3 is 1.62 bits per heavy atom. The van der Waals surface area contributed by atoms with Crippen LogP contribution in [0.3, 0.4) is 0 Å². The first-order valence-corrected chi connectivity index (χ1v) is 22.3. The molecule has 10 aromatic carbocycles. The van der Waals surface area contributed by atoms with Crippen LogP contribution in [0.15, 0.2) is 218 Å². The van der Waals surface area contributed by atoms with E-state index in [0.29, 0.717) is 0 Å². The first-order valence-electron chi connectivity index (χ1n) is 22.3. The van der Waals surface area contributed by atoms with Gasteiger partial charge in [0.1, 0.15) is 0 Å². The summed E-state index contributed by atoms with van der Waals surface area (Å²) in [6.45, 7) is 8.96. The van der Waals surface area contributed by atoms with Crippen LogP contribution in [-0.2, 0) is 0 Å². The standard InChI is InChI=1S/C62H48N2/c1-41-16-8-12-22-54(41)57-39-53(32-26-43(57)3)63(50-33-27-47(28-34-50)45-18-6-5-7-19-45)51-35-30-48(31-36-51)58-40-59-56-24-14-15-25-60(56)64(52-37-29-46-20-10-11-21-49(46)38-52)62(59)61(44(58)4)55-23-13-9-17-42(55)2/h5-40H,1-4H3. The third kappa shape index (κ3) is 6.76. The highest BCUT2D eigenvalue weighted by atomic mass is 15.1. The van der Waals surface area contributed by atoms with Crippen LogP contribution in [0.1, 0.15) is 22.3 Å². The molecule has 0 aliphatic rings. The lowest BCUT2D eigenvalue weighted by Gasteiger charge is -2.27. The van der Waals surface area contributed by atoms with Crippen LogP contribution < -0.4 is 4.90 Å². The zero-order chi connectivity index (χ0) is 43.3. The lowest BCUT2D eigenvalue weighted by Crippen LogP contribution is -2.10. The van der Waals surface area contributed by atoms with Crippen LogP contribution in [0, 0.1) is 27.7 Å². The van der Waals surface area contributed by atoms with Crippen molar-refractivity contribution in [1.82, 2.24) is 4.57 Å². The summed E-state index contributed by atoms with van der Waals surface area (Å²) in [6.07, 6.45) is 0. The zero-order valence-electron chi connectivity index (χ0n) is 36.7. The molecular weight excluding hydrogens is 773 g/mol. The van der Waals surface area contributed by atoms with Gasteiger partial charge in [-0.25, -0.2) is 0 Å². The van der Waals surface area contributed by atoms with Crippen LogP contribution in [0.2, 0.25) is 0 Å². The Morgan fingerprint density at radius 1 is 0.344 bits per heavy atom. The molecule has 2 nitrogen and oxygen atoms in total. The van der Waals surface area contributed by atoms with Gasteiger partial charge >= 0.3 is 0 Å². The number of rotatable bonds is 8. The van der Waals surface area contributed by atoms with Gasteiger partial charge < -0.3 is 9.47 Å². The van der Waals surface area contributed by atoms with Gasteiger partial charge in [0.05, 0.1) is 11.0 Å². The van der Waals surface area contributed by atoms with Crippen molar-refractivity contribution >= 4 is 49.6 Å². The highest BCUT2D eigenvalue weighted by Gasteiger charge is 2.23. The number of benzene rings is 10. The van der Waals surface area contributed by atoms with Gasteiger partial charge in [0.25, 0.3) is 0 Å². The summed E-state index contributed by atoms with van der Waals surface area (Å²) in [7, 11) is 0. The van der Waals surface area contributed by atoms with Crippen molar-refractivity contribution in [3.8, 4) is 50.2 Å². The van der Waals surface area contributed by atoms with Gasteiger partial charge in [-0.2, -0.15) is 0 Å². The average Bonchev–Trinajstić information content (AvgIpc) is 3.67. The van der Waals surface area contributed by atoms with Crippen molar-refractivity contribution in [2.45, 2.75) is 27.7 Å². The molecule has 1 heterocycles. The molecule has 0 aliphatic heterocycles. The Bertz CT molecular complexity index is 3520. The fourth-order valence-corrected chi connectivity index (χ4v) is 9.87. The monoisotopic (exact) mass is 820 g/mol. The molecule has 0 amide bonds. The number of aromatic nitrogens is 1. The van der Waals surface area contributed by atoms with E-state index >= 15 is 0 Å². The molecule has 306 valence electrons. The lowest BCUT2D eigenvalue weighted by atomic mass is 9.88. The normalized spacial score (nSPS) is 11.4. The molecule has 0 bridgehead atoms. The van der Waals surface area contributed by atoms with E-state index in [1.54, 1.807) is 0 Å². The Balaban J connectivity index is 1.09. The third-order valence-corrected chi connectivity index (χ3v) is 13.2. The molecule has 11 aromatic rings. The average molecular weight is 821 g/mol. The molecule has 0 saturated heterocycles. The number of hydrogen-bond acceptors (Lipinski definition) is 1. The summed E-state index contributed by atoms with van der Waals surface area (Å²) in [5.74, 6) is 0. The van der Waals surface area contributed by atoms with Crippen molar-refractivity contribution in [3.63, 3.8) is 0 Å². The number of nitrogens with zero attached hydrogens (tertiary/aromatic N) is 2. The Morgan fingerprint density at radius 2 is 0.906 bits per heavy atom. The highest BCUT2D eigenvalue weighted by Crippen LogP contribution is 2.46. The number of anilines is 3. The minimum absolute atomic E-state index is 1.10. The van der Waals surface area contributed by atoms with Gasteiger partial charge in [-0.05, 0) is 160 Å². The van der Waals surface area contributed by atoms with Crippen molar-refractivity contribution in [2.24, 2.45) is 0 Å². The Kier molecular flexibility index (Phi) is 9.78. The molecule has 0 radical (unpaired) electrons. The molecule has 11 rings (SSSR count). The van der Waals surface area contributed by atoms with Crippen LogP contribution >= 0.6 is 0 Å². The molecule has 0 N–H and O–H groups in total. The topological polar surface area (TPSA) is 8.17 Å². The van der Waals surface area contributed by atoms with E-state index < -0.39 is 0 Å². The maximum atomic E-state index is 2.49. The van der Waals surface area contributed by atoms with E-state index in [1.807, 2.05) is 0 Å². The second kappa shape index (κ2) is 16.1. The molecule has 1 aromatic heterocycles. The molecule has 0 spiro atoms. The number of fused-ring (bicyclic) bond motifs is 4. The van der Waals surface area contributed by atoms with E-state index in [4.69, 9.17) is 0 Å². The predicted molar refractivity (Wildman–Crippen MR) is 274 cm³/mol. The van der Waals surface area contributed by atoms with Crippen LogP contribution in [0.25, 0.3) is 82.8 Å². The summed E-state index contributed by atoms with van der Waals surface area (Å²) >= 11 is 0. The molecular formula is C62H48N2. The second-order valence-electron chi connectivity index (χ2n) is 17.1. The first kappa shape index (κ1) is 38.9. The molecule has 64 heavy (non-hydrogen) atoms. The number of aryl methyl sites for hydroxylation is 3. The van der Waals surface area contributed by atoms with Crippen LogP contribution in [0.4, 0.5) is 17.1 Å². The van der Waals surface area contributed by atoms with Crippen molar-refractivity contribution < 1.29 is 0 Å². The molecule has 0 unspecified atom stereocenters. The smallest absolute Gasteiger partial charge is 0.0622 e. The van der Waals surface area contributed by atoms with Crippen molar-refractivity contribution in [2.75, 3.05) is 4.90 Å². The minimum atomic E-state index is 1.10. The van der Waals surface area contributed by atoms with Crippen molar-refractivity contribution in [3.05, 3.63) is 241 Å². The Labute approximate surface area is 376 Å². The number of para-hydroxylation sites is 1. The second-order valence-corrected chi connectivity index (χ2v) is 17.1. The molecule has 0 atom stereocenters. The highest BCUT2D eigenvalue weighted by molar-refractivity contribution is 6.16. The summed E-state index contributed by atoms with van der Waals surface area (Å²) < 4.78 is 2.49. The first-order chi connectivity index (χ1) is 31.4. The van der Waals surface area contributed by atoms with Crippen molar-refractivity contribution in [1.29, 1.82) is 0 Å². The largest absolute Gasteiger partial charge is 0.310 e. The molecule has 0 saturated carbocycles. The molecule has 0 fully saturated rings. The maximum absolute atomic E-state index is 2.49. The quantitative estimate of drug-likeness (QED) is 0.148. The van der Waals surface area contributed by atoms with E-state index in [1.165, 1.54) is 99.3 Å². The Hall–Kier alpha value is -7.94. The molecule has 2 heteroatoms. The van der Waals surface area contributed by atoms with E-state index in [0.717, 1.165) is 22.7 Å². The van der Waals surface area contributed by atoms with E-state index in [9.17, 15) is 0 Å².